The lowest BCUT2D eigenvalue weighted by Gasteiger charge is -2.21. The fourth-order valence-electron chi connectivity index (χ4n) is 4.68. The maximum absolute atomic E-state index is 11.6. The maximum atomic E-state index is 11.6. The highest BCUT2D eigenvalue weighted by atomic mass is 16.5. The monoisotopic (exact) mass is 471 g/mol. The fourth-order valence-corrected chi connectivity index (χ4v) is 4.68. The molecule has 0 radical (unpaired) electrons. The first-order valence-corrected chi connectivity index (χ1v) is 12.0. The average molecular weight is 472 g/mol. The number of carboxylic acid groups (broad SMARTS) is 1. The zero-order chi connectivity index (χ0) is 24.4. The first-order chi connectivity index (χ1) is 17.0. The van der Waals surface area contributed by atoms with Crippen molar-refractivity contribution in [2.24, 2.45) is 5.92 Å². The van der Waals surface area contributed by atoms with Gasteiger partial charge < -0.3 is 9.84 Å². The molecule has 2 atom stereocenters. The van der Waals surface area contributed by atoms with Gasteiger partial charge in [-0.05, 0) is 61.9 Å². The van der Waals surface area contributed by atoms with Crippen LogP contribution in [0.2, 0.25) is 0 Å². The third kappa shape index (κ3) is 5.16. The van der Waals surface area contributed by atoms with Crippen LogP contribution >= 0.6 is 0 Å². The van der Waals surface area contributed by atoms with Crippen molar-refractivity contribution in [3.8, 4) is 5.75 Å². The molecule has 0 aliphatic heterocycles. The van der Waals surface area contributed by atoms with Crippen LogP contribution in [0.5, 0.6) is 5.75 Å². The molecule has 0 amide bonds. The van der Waals surface area contributed by atoms with Gasteiger partial charge in [0.1, 0.15) is 11.6 Å². The van der Waals surface area contributed by atoms with E-state index in [4.69, 9.17) is 9.72 Å². The molecule has 1 aliphatic carbocycles. The molecule has 1 aromatic carbocycles. The number of aryl methyl sites for hydroxylation is 2. The molecule has 5 rings (SSSR count). The molecule has 1 aliphatic rings. The van der Waals surface area contributed by atoms with E-state index in [1.807, 2.05) is 18.2 Å². The molecule has 1 N–H and O–H groups in total. The number of hydrogen-bond donors (Lipinski definition) is 1. The van der Waals surface area contributed by atoms with Gasteiger partial charge in [-0.25, -0.2) is 9.97 Å². The normalized spacial score (nSPS) is 16.1. The smallest absolute Gasteiger partial charge is 0.305 e. The van der Waals surface area contributed by atoms with E-state index in [1.165, 1.54) is 17.7 Å². The molecule has 0 spiro atoms. The van der Waals surface area contributed by atoms with E-state index in [-0.39, 0.29) is 6.42 Å². The topological polar surface area (TPSA) is 103 Å². The van der Waals surface area contributed by atoms with Gasteiger partial charge in [0.25, 0.3) is 0 Å². The van der Waals surface area contributed by atoms with Gasteiger partial charge in [-0.3, -0.25) is 14.5 Å². The van der Waals surface area contributed by atoms with E-state index in [1.54, 1.807) is 30.2 Å². The third-order valence-electron chi connectivity index (χ3n) is 6.62. The molecule has 0 unspecified atom stereocenters. The SMILES string of the molecule is Cc1ncc([C@H](CC(=O)O)n2ncc3cc(OCCc4ccc5c(n4)C[C@H](C)CC5)ccc32)cn1. The lowest BCUT2D eigenvalue weighted by atomic mass is 9.88. The average Bonchev–Trinajstić information content (AvgIpc) is 3.26. The number of hydrogen-bond acceptors (Lipinski definition) is 6. The molecular formula is C27H29N5O3. The molecule has 0 bridgehead atoms. The summed E-state index contributed by atoms with van der Waals surface area (Å²) >= 11 is 0. The quantitative estimate of drug-likeness (QED) is 0.408. The second-order valence-corrected chi connectivity index (χ2v) is 9.34. The van der Waals surface area contributed by atoms with Crippen LogP contribution in [0.1, 0.15) is 54.1 Å². The summed E-state index contributed by atoms with van der Waals surface area (Å²) in [5.41, 5.74) is 5.21. The number of fused-ring (bicyclic) bond motifs is 2. The van der Waals surface area contributed by atoms with Crippen molar-refractivity contribution in [2.45, 2.75) is 52.0 Å². The van der Waals surface area contributed by atoms with Gasteiger partial charge in [0.15, 0.2) is 0 Å². The van der Waals surface area contributed by atoms with Crippen molar-refractivity contribution in [2.75, 3.05) is 6.61 Å². The van der Waals surface area contributed by atoms with Gasteiger partial charge in [-0.15, -0.1) is 0 Å². The van der Waals surface area contributed by atoms with Crippen molar-refractivity contribution < 1.29 is 14.6 Å². The Labute approximate surface area is 204 Å². The van der Waals surface area contributed by atoms with E-state index in [0.717, 1.165) is 41.6 Å². The van der Waals surface area contributed by atoms with Crippen LogP contribution in [0.25, 0.3) is 10.9 Å². The minimum Gasteiger partial charge on any atom is -0.493 e. The van der Waals surface area contributed by atoms with E-state index < -0.39 is 12.0 Å². The third-order valence-corrected chi connectivity index (χ3v) is 6.62. The second-order valence-electron chi connectivity index (χ2n) is 9.34. The molecule has 4 aromatic rings. The Hall–Kier alpha value is -3.81. The van der Waals surface area contributed by atoms with E-state index in [0.29, 0.717) is 23.9 Å². The molecular weight excluding hydrogens is 442 g/mol. The van der Waals surface area contributed by atoms with Crippen LogP contribution in [0.3, 0.4) is 0 Å². The lowest BCUT2D eigenvalue weighted by molar-refractivity contribution is -0.137. The Morgan fingerprint density at radius 3 is 2.83 bits per heavy atom. The summed E-state index contributed by atoms with van der Waals surface area (Å²) in [7, 11) is 0. The minimum atomic E-state index is -0.913. The van der Waals surface area contributed by atoms with Crippen molar-refractivity contribution >= 4 is 16.9 Å². The standard InChI is InChI=1S/C27H29N5O3/c1-17-3-4-19-5-6-22(31-24(19)11-17)9-10-35-23-7-8-25-20(12-23)16-30-32(25)26(13-27(33)34)21-14-28-18(2)29-15-21/h5-8,12,14-17,26H,3-4,9-11,13H2,1-2H3,(H,33,34)/t17-,26+/m1/s1. The number of carboxylic acids is 1. The highest BCUT2D eigenvalue weighted by Gasteiger charge is 2.21. The van der Waals surface area contributed by atoms with Gasteiger partial charge in [-0.1, -0.05) is 13.0 Å². The largest absolute Gasteiger partial charge is 0.493 e. The minimum absolute atomic E-state index is 0.117. The second kappa shape index (κ2) is 9.82. The van der Waals surface area contributed by atoms with Crippen molar-refractivity contribution in [3.63, 3.8) is 0 Å². The number of nitrogens with zero attached hydrogens (tertiary/aromatic N) is 5. The number of benzene rings is 1. The van der Waals surface area contributed by atoms with Gasteiger partial charge in [0.2, 0.25) is 0 Å². The number of pyridine rings is 1. The molecule has 8 nitrogen and oxygen atoms in total. The van der Waals surface area contributed by atoms with Crippen molar-refractivity contribution in [1.29, 1.82) is 0 Å². The van der Waals surface area contributed by atoms with Crippen LogP contribution < -0.4 is 4.74 Å². The number of aromatic nitrogens is 5. The van der Waals surface area contributed by atoms with Crippen LogP contribution in [0.15, 0.2) is 48.9 Å². The van der Waals surface area contributed by atoms with Crippen molar-refractivity contribution in [3.05, 3.63) is 77.3 Å². The molecule has 8 heteroatoms. The summed E-state index contributed by atoms with van der Waals surface area (Å²) in [5, 5.41) is 14.9. The molecule has 0 fully saturated rings. The number of ether oxygens (including phenoxy) is 1. The molecule has 0 saturated carbocycles. The first-order valence-electron chi connectivity index (χ1n) is 12.0. The predicted molar refractivity (Wildman–Crippen MR) is 132 cm³/mol. The highest BCUT2D eigenvalue weighted by molar-refractivity contribution is 5.81. The summed E-state index contributed by atoms with van der Waals surface area (Å²) < 4.78 is 7.75. The number of aliphatic carboxylic acids is 1. The molecule has 0 saturated heterocycles. The Morgan fingerprint density at radius 2 is 2.03 bits per heavy atom. The van der Waals surface area contributed by atoms with Crippen LogP contribution in [0, 0.1) is 12.8 Å². The first kappa shape index (κ1) is 23.0. The van der Waals surface area contributed by atoms with Crippen molar-refractivity contribution in [1.82, 2.24) is 24.7 Å². The zero-order valence-electron chi connectivity index (χ0n) is 20.0. The molecule has 35 heavy (non-hydrogen) atoms. The molecule has 3 aromatic heterocycles. The Balaban J connectivity index is 1.29. The summed E-state index contributed by atoms with van der Waals surface area (Å²) in [6, 6.07) is 9.57. The van der Waals surface area contributed by atoms with Crippen LogP contribution in [-0.4, -0.2) is 42.4 Å². The molecule has 180 valence electrons. The Bertz CT molecular complexity index is 1350. The van der Waals surface area contributed by atoms with Gasteiger partial charge in [0.05, 0.1) is 30.8 Å². The lowest BCUT2D eigenvalue weighted by Crippen LogP contribution is -2.17. The van der Waals surface area contributed by atoms with Gasteiger partial charge >= 0.3 is 5.97 Å². The Morgan fingerprint density at radius 1 is 1.20 bits per heavy atom. The van der Waals surface area contributed by atoms with Gasteiger partial charge in [0, 0.05) is 41.2 Å². The number of rotatable bonds is 8. The highest BCUT2D eigenvalue weighted by Crippen LogP contribution is 2.28. The van der Waals surface area contributed by atoms with Crippen LogP contribution in [-0.2, 0) is 24.1 Å². The van der Waals surface area contributed by atoms with E-state index >= 15 is 0 Å². The van der Waals surface area contributed by atoms with Gasteiger partial charge in [-0.2, -0.15) is 5.10 Å². The van der Waals surface area contributed by atoms with Crippen LogP contribution in [0.4, 0.5) is 0 Å². The van der Waals surface area contributed by atoms with E-state index in [2.05, 4.69) is 34.1 Å². The maximum Gasteiger partial charge on any atom is 0.305 e. The molecule has 3 heterocycles. The summed E-state index contributed by atoms with van der Waals surface area (Å²) in [4.78, 5) is 24.9. The summed E-state index contributed by atoms with van der Waals surface area (Å²) in [6.07, 6.45) is 9.11. The zero-order valence-corrected chi connectivity index (χ0v) is 20.0. The summed E-state index contributed by atoms with van der Waals surface area (Å²) in [5.74, 6) is 1.17. The Kier molecular flexibility index (Phi) is 6.44. The fraction of sp³-hybridized carbons (Fsp3) is 0.370. The van der Waals surface area contributed by atoms with E-state index in [9.17, 15) is 9.90 Å². The summed E-state index contributed by atoms with van der Waals surface area (Å²) in [6.45, 7) is 4.61. The number of carbonyl (C=O) groups is 1. The predicted octanol–water partition coefficient (Wildman–Crippen LogP) is 4.34.